The van der Waals surface area contributed by atoms with Gasteiger partial charge in [0, 0.05) is 30.3 Å². The van der Waals surface area contributed by atoms with Gasteiger partial charge in [-0.3, -0.25) is 4.79 Å². The second-order valence-corrected chi connectivity index (χ2v) is 7.58. The van der Waals surface area contributed by atoms with E-state index in [1.807, 2.05) is 0 Å². The predicted molar refractivity (Wildman–Crippen MR) is 84.2 cm³/mol. The highest BCUT2D eigenvalue weighted by Crippen LogP contribution is 2.31. The Balaban J connectivity index is 1.85. The quantitative estimate of drug-likeness (QED) is 0.846. The van der Waals surface area contributed by atoms with Gasteiger partial charge in [0.1, 0.15) is 17.9 Å². The van der Waals surface area contributed by atoms with Crippen LogP contribution >= 0.6 is 0 Å². The van der Waals surface area contributed by atoms with E-state index in [0.717, 1.165) is 37.3 Å². The molecule has 0 radical (unpaired) electrons. The van der Waals surface area contributed by atoms with Crippen LogP contribution in [0.5, 0.6) is 0 Å². The normalized spacial score (nSPS) is 14.5. The Labute approximate surface area is 143 Å². The van der Waals surface area contributed by atoms with E-state index in [-0.39, 0.29) is 28.8 Å². The Morgan fingerprint density at radius 2 is 2.04 bits per heavy atom. The molecule has 25 heavy (non-hydrogen) atoms. The molecule has 1 aliphatic rings. The molecular weight excluding hydrogens is 354 g/mol. The SMILES string of the molecule is CNS(=O)(=O)c1cc(C(=O)N(Cc2ccc(F)cc2F)C2CC2)co1. The van der Waals surface area contributed by atoms with Crippen LogP contribution in [0, 0.1) is 11.6 Å². The largest absolute Gasteiger partial charge is 0.451 e. The minimum Gasteiger partial charge on any atom is -0.451 e. The van der Waals surface area contributed by atoms with Gasteiger partial charge in [-0.25, -0.2) is 21.9 Å². The van der Waals surface area contributed by atoms with Crippen molar-refractivity contribution in [3.63, 3.8) is 0 Å². The lowest BCUT2D eigenvalue weighted by molar-refractivity contribution is 0.0727. The molecule has 1 saturated carbocycles. The van der Waals surface area contributed by atoms with Crippen LogP contribution in [0.3, 0.4) is 0 Å². The minimum absolute atomic E-state index is 0.0328. The van der Waals surface area contributed by atoms with E-state index in [4.69, 9.17) is 4.42 Å². The van der Waals surface area contributed by atoms with Gasteiger partial charge in [-0.2, -0.15) is 0 Å². The van der Waals surface area contributed by atoms with Crippen LogP contribution in [0.25, 0.3) is 0 Å². The lowest BCUT2D eigenvalue weighted by atomic mass is 10.1. The van der Waals surface area contributed by atoms with Crippen LogP contribution in [0.4, 0.5) is 8.78 Å². The maximum absolute atomic E-state index is 13.9. The molecule has 0 spiro atoms. The zero-order valence-corrected chi connectivity index (χ0v) is 14.1. The van der Waals surface area contributed by atoms with Crippen LogP contribution in [0.1, 0.15) is 28.8 Å². The molecule has 134 valence electrons. The summed E-state index contributed by atoms with van der Waals surface area (Å²) in [6, 6.07) is 4.25. The highest BCUT2D eigenvalue weighted by Gasteiger charge is 2.34. The lowest BCUT2D eigenvalue weighted by Gasteiger charge is -2.22. The average molecular weight is 370 g/mol. The zero-order valence-electron chi connectivity index (χ0n) is 13.3. The smallest absolute Gasteiger partial charge is 0.273 e. The number of hydrogen-bond donors (Lipinski definition) is 1. The van der Waals surface area contributed by atoms with Crippen molar-refractivity contribution in [2.24, 2.45) is 0 Å². The summed E-state index contributed by atoms with van der Waals surface area (Å²) in [5.74, 6) is -1.89. The third-order valence-electron chi connectivity index (χ3n) is 3.96. The fraction of sp³-hybridized carbons (Fsp3) is 0.312. The molecule has 0 unspecified atom stereocenters. The van der Waals surface area contributed by atoms with E-state index in [0.29, 0.717) is 0 Å². The summed E-state index contributed by atoms with van der Waals surface area (Å²) in [5, 5.41) is -0.373. The summed E-state index contributed by atoms with van der Waals surface area (Å²) in [6.45, 7) is -0.0328. The number of carbonyl (C=O) groups excluding carboxylic acids is 1. The van der Waals surface area contributed by atoms with E-state index < -0.39 is 27.6 Å². The summed E-state index contributed by atoms with van der Waals surface area (Å²) < 4.78 is 57.4. The molecule has 1 fully saturated rings. The molecule has 1 aromatic heterocycles. The first-order valence-corrected chi connectivity index (χ1v) is 9.07. The number of nitrogens with one attached hydrogen (secondary N) is 1. The van der Waals surface area contributed by atoms with Gasteiger partial charge in [0.05, 0.1) is 5.56 Å². The number of sulfonamides is 1. The van der Waals surface area contributed by atoms with E-state index in [1.165, 1.54) is 18.0 Å². The molecule has 3 rings (SSSR count). The summed E-state index contributed by atoms with van der Waals surface area (Å²) in [4.78, 5) is 14.1. The van der Waals surface area contributed by atoms with Crippen molar-refractivity contribution in [2.45, 2.75) is 30.5 Å². The highest BCUT2D eigenvalue weighted by molar-refractivity contribution is 7.89. The Morgan fingerprint density at radius 3 is 2.64 bits per heavy atom. The third-order valence-corrected chi connectivity index (χ3v) is 5.24. The van der Waals surface area contributed by atoms with E-state index in [1.54, 1.807) is 0 Å². The van der Waals surface area contributed by atoms with Crippen molar-refractivity contribution >= 4 is 15.9 Å². The maximum atomic E-state index is 13.9. The maximum Gasteiger partial charge on any atom is 0.273 e. The van der Waals surface area contributed by atoms with Crippen molar-refractivity contribution in [3.05, 3.63) is 53.3 Å². The zero-order chi connectivity index (χ0) is 18.2. The molecule has 1 heterocycles. The van der Waals surface area contributed by atoms with Gasteiger partial charge in [0.25, 0.3) is 15.9 Å². The van der Waals surface area contributed by atoms with Gasteiger partial charge in [0.15, 0.2) is 0 Å². The molecule has 1 amide bonds. The number of hydrogen-bond acceptors (Lipinski definition) is 4. The number of furan rings is 1. The van der Waals surface area contributed by atoms with Gasteiger partial charge >= 0.3 is 0 Å². The molecule has 6 nitrogen and oxygen atoms in total. The van der Waals surface area contributed by atoms with Crippen LogP contribution in [0.15, 0.2) is 40.0 Å². The molecule has 1 N–H and O–H groups in total. The standard InChI is InChI=1S/C16H16F2N2O4S/c1-19-25(22,23)15-6-11(9-24-15)16(21)20(13-4-5-13)8-10-2-3-12(17)7-14(10)18/h2-3,6-7,9,13,19H,4-5,8H2,1H3. The van der Waals surface area contributed by atoms with E-state index in [9.17, 15) is 22.0 Å². The molecule has 1 aliphatic carbocycles. The topological polar surface area (TPSA) is 79.6 Å². The molecule has 1 aromatic carbocycles. The van der Waals surface area contributed by atoms with Crippen LogP contribution < -0.4 is 4.72 Å². The molecule has 0 saturated heterocycles. The predicted octanol–water partition coefficient (Wildman–Crippen LogP) is 2.27. The fourth-order valence-corrected chi connectivity index (χ4v) is 3.08. The van der Waals surface area contributed by atoms with Crippen LogP contribution in [0.2, 0.25) is 0 Å². The van der Waals surface area contributed by atoms with Gasteiger partial charge in [-0.05, 0) is 26.0 Å². The van der Waals surface area contributed by atoms with Crippen molar-refractivity contribution in [2.75, 3.05) is 7.05 Å². The minimum atomic E-state index is -3.80. The van der Waals surface area contributed by atoms with Crippen LogP contribution in [-0.2, 0) is 16.6 Å². The molecule has 0 bridgehead atoms. The third kappa shape index (κ3) is 3.72. The Kier molecular flexibility index (Phi) is 4.61. The first-order chi connectivity index (χ1) is 11.8. The summed E-state index contributed by atoms with van der Waals surface area (Å²) in [6.07, 6.45) is 2.60. The summed E-state index contributed by atoms with van der Waals surface area (Å²) >= 11 is 0. The molecule has 9 heteroatoms. The average Bonchev–Trinajstić information content (AvgIpc) is 3.28. The number of nitrogens with zero attached hydrogens (tertiary/aromatic N) is 1. The van der Waals surface area contributed by atoms with Crippen molar-refractivity contribution in [1.82, 2.24) is 9.62 Å². The van der Waals surface area contributed by atoms with E-state index >= 15 is 0 Å². The van der Waals surface area contributed by atoms with Gasteiger partial charge < -0.3 is 9.32 Å². The van der Waals surface area contributed by atoms with Crippen molar-refractivity contribution < 1.29 is 26.4 Å². The highest BCUT2D eigenvalue weighted by atomic mass is 32.2. The van der Waals surface area contributed by atoms with Crippen molar-refractivity contribution in [1.29, 1.82) is 0 Å². The molecule has 2 aromatic rings. The number of halogens is 2. The van der Waals surface area contributed by atoms with Gasteiger partial charge in [-0.15, -0.1) is 0 Å². The first-order valence-electron chi connectivity index (χ1n) is 7.59. The van der Waals surface area contributed by atoms with Crippen molar-refractivity contribution in [3.8, 4) is 0 Å². The van der Waals surface area contributed by atoms with Gasteiger partial charge in [0.2, 0.25) is 5.09 Å². The Hall–Kier alpha value is -2.26. The monoisotopic (exact) mass is 370 g/mol. The lowest BCUT2D eigenvalue weighted by Crippen LogP contribution is -2.32. The van der Waals surface area contributed by atoms with Gasteiger partial charge in [-0.1, -0.05) is 6.07 Å². The number of carbonyl (C=O) groups is 1. The number of benzene rings is 1. The second-order valence-electron chi connectivity index (χ2n) is 5.76. The second kappa shape index (κ2) is 6.57. The molecular formula is C16H16F2N2O4S. The summed E-state index contributed by atoms with van der Waals surface area (Å²) in [5.41, 5.74) is 0.247. The molecule has 0 atom stereocenters. The molecule has 0 aliphatic heterocycles. The Morgan fingerprint density at radius 1 is 1.32 bits per heavy atom. The fourth-order valence-electron chi connectivity index (χ4n) is 2.42. The summed E-state index contributed by atoms with van der Waals surface area (Å²) in [7, 11) is -2.57. The van der Waals surface area contributed by atoms with E-state index in [2.05, 4.69) is 4.72 Å². The number of rotatable bonds is 6. The first kappa shape index (κ1) is 17.6. The van der Waals surface area contributed by atoms with Crippen LogP contribution in [-0.4, -0.2) is 32.3 Å². The Bertz CT molecular complexity index is 907. The number of amides is 1.